The van der Waals surface area contributed by atoms with Crippen molar-refractivity contribution in [1.82, 2.24) is 4.98 Å². The molecule has 3 heteroatoms. The summed E-state index contributed by atoms with van der Waals surface area (Å²) < 4.78 is 6.42. The molecule has 2 aromatic rings. The summed E-state index contributed by atoms with van der Waals surface area (Å²) >= 11 is 0. The van der Waals surface area contributed by atoms with E-state index >= 15 is 0 Å². The van der Waals surface area contributed by atoms with Crippen LogP contribution in [-0.2, 0) is 10.2 Å². The van der Waals surface area contributed by atoms with Crippen molar-refractivity contribution in [2.45, 2.75) is 87.6 Å². The topological polar surface area (TPSA) is 45.9 Å². The molecule has 32 heavy (non-hydrogen) atoms. The van der Waals surface area contributed by atoms with Crippen LogP contribution >= 0.6 is 0 Å². The summed E-state index contributed by atoms with van der Waals surface area (Å²) in [5, 5.41) is 9.18. The van der Waals surface area contributed by atoms with E-state index in [-0.39, 0.29) is 11.0 Å². The molecule has 3 nitrogen and oxygen atoms in total. The first-order chi connectivity index (χ1) is 15.7. The Kier molecular flexibility index (Phi) is 6.15. The van der Waals surface area contributed by atoms with Gasteiger partial charge in [0.05, 0.1) is 11.7 Å². The summed E-state index contributed by atoms with van der Waals surface area (Å²) in [5.41, 5.74) is 5.44. The van der Waals surface area contributed by atoms with E-state index in [0.717, 1.165) is 32.3 Å². The predicted octanol–water partition coefficient (Wildman–Crippen LogP) is 7.10. The molecule has 2 atom stereocenters. The van der Waals surface area contributed by atoms with E-state index in [2.05, 4.69) is 42.5 Å². The van der Waals surface area contributed by atoms with E-state index < -0.39 is 0 Å². The Hall–Kier alpha value is -2.44. The van der Waals surface area contributed by atoms with Crippen LogP contribution in [0.3, 0.4) is 0 Å². The van der Waals surface area contributed by atoms with E-state index in [9.17, 15) is 5.26 Å². The minimum Gasteiger partial charge on any atom is -0.375 e. The Labute approximate surface area is 192 Å². The number of benzene rings is 1. The molecule has 3 aliphatic rings. The minimum atomic E-state index is 0.0875. The van der Waals surface area contributed by atoms with E-state index in [1.165, 1.54) is 67.3 Å². The lowest BCUT2D eigenvalue weighted by Crippen LogP contribution is -2.46. The Bertz CT molecular complexity index is 999. The molecule has 2 heterocycles. The normalized spacial score (nSPS) is 27.8. The molecule has 1 aliphatic heterocycles. The first kappa shape index (κ1) is 21.4. The Morgan fingerprint density at radius 3 is 2.75 bits per heavy atom. The zero-order chi connectivity index (χ0) is 21.9. The van der Waals surface area contributed by atoms with Gasteiger partial charge >= 0.3 is 0 Å². The van der Waals surface area contributed by atoms with E-state index in [0.29, 0.717) is 5.92 Å². The first-order valence-corrected chi connectivity index (χ1v) is 12.5. The molecule has 166 valence electrons. The van der Waals surface area contributed by atoms with Gasteiger partial charge in [-0.25, -0.2) is 0 Å². The van der Waals surface area contributed by atoms with Gasteiger partial charge in [0, 0.05) is 30.0 Å². The van der Waals surface area contributed by atoms with Crippen LogP contribution < -0.4 is 0 Å². The maximum Gasteiger partial charge on any atom is 0.0915 e. The fourth-order valence-corrected chi connectivity index (χ4v) is 6.78. The summed E-state index contributed by atoms with van der Waals surface area (Å²) in [7, 11) is 0. The summed E-state index contributed by atoms with van der Waals surface area (Å²) in [6.07, 6.45) is 16.7. The van der Waals surface area contributed by atoms with Crippen molar-refractivity contribution < 1.29 is 4.74 Å². The van der Waals surface area contributed by atoms with Crippen molar-refractivity contribution in [3.05, 3.63) is 71.6 Å². The average Bonchev–Trinajstić information content (AvgIpc) is 3.28. The lowest BCUT2D eigenvalue weighted by atomic mass is 9.66. The molecule has 1 aromatic carbocycles. The van der Waals surface area contributed by atoms with Crippen LogP contribution in [-0.4, -0.2) is 17.2 Å². The summed E-state index contributed by atoms with van der Waals surface area (Å²) in [6.45, 7) is 0.866. The number of hydrogen-bond donors (Lipinski definition) is 0. The van der Waals surface area contributed by atoms with Gasteiger partial charge in [0.1, 0.15) is 0 Å². The van der Waals surface area contributed by atoms with Gasteiger partial charge in [-0.3, -0.25) is 4.98 Å². The van der Waals surface area contributed by atoms with Crippen LogP contribution in [0.1, 0.15) is 93.4 Å². The molecule has 1 saturated heterocycles. The lowest BCUT2D eigenvalue weighted by molar-refractivity contribution is -0.105. The second kappa shape index (κ2) is 9.20. The molecule has 0 bridgehead atoms. The van der Waals surface area contributed by atoms with E-state index in [4.69, 9.17) is 9.72 Å². The lowest BCUT2D eigenvalue weighted by Gasteiger charge is -2.46. The fourth-order valence-electron chi connectivity index (χ4n) is 6.78. The number of rotatable bonds is 5. The summed E-state index contributed by atoms with van der Waals surface area (Å²) in [4.78, 5) is 4.87. The number of allylic oxidation sites excluding steroid dienone is 2. The van der Waals surface area contributed by atoms with Crippen molar-refractivity contribution in [3.8, 4) is 6.07 Å². The maximum atomic E-state index is 9.18. The summed E-state index contributed by atoms with van der Waals surface area (Å²) in [6, 6.07) is 17.4. The van der Waals surface area contributed by atoms with Gasteiger partial charge in [-0.1, -0.05) is 49.6 Å². The fraction of sp³-hybridized carbons (Fsp3) is 0.517. The Morgan fingerprint density at radius 1 is 1.09 bits per heavy atom. The predicted molar refractivity (Wildman–Crippen MR) is 128 cm³/mol. The zero-order valence-corrected chi connectivity index (χ0v) is 19.1. The maximum absolute atomic E-state index is 9.18. The number of ether oxygens (including phenoxy) is 1. The van der Waals surface area contributed by atoms with Gasteiger partial charge < -0.3 is 4.74 Å². The Morgan fingerprint density at radius 2 is 1.94 bits per heavy atom. The zero-order valence-electron chi connectivity index (χ0n) is 19.1. The van der Waals surface area contributed by atoms with Crippen molar-refractivity contribution >= 4 is 5.57 Å². The quantitative estimate of drug-likeness (QED) is 0.479. The largest absolute Gasteiger partial charge is 0.375 e. The number of aromatic nitrogens is 1. The second-order valence-corrected chi connectivity index (χ2v) is 10.2. The van der Waals surface area contributed by atoms with Gasteiger partial charge in [0.25, 0.3) is 0 Å². The van der Waals surface area contributed by atoms with Crippen LogP contribution in [0, 0.1) is 11.3 Å². The highest BCUT2D eigenvalue weighted by Crippen LogP contribution is 2.51. The number of fused-ring (bicyclic) bond motifs is 1. The van der Waals surface area contributed by atoms with Crippen LogP contribution in [0.5, 0.6) is 0 Å². The molecule has 5 rings (SSSR count). The van der Waals surface area contributed by atoms with Gasteiger partial charge in [-0.05, 0) is 86.1 Å². The highest BCUT2D eigenvalue weighted by Gasteiger charge is 2.48. The number of nitriles is 1. The van der Waals surface area contributed by atoms with Crippen LogP contribution in [0.15, 0.2) is 54.7 Å². The standard InChI is InChI=1S/C29H34N2O/c30-19-14-24-13-12-23(25-9-1-2-10-26(24)25)8-7-15-28(27-11-3-6-20-31-27)18-21-32-29(22-28)16-4-5-17-29/h1-3,6,9-11,14,20,23H,4-5,7-8,12-13,15-18,21-22H2/b24-14+/t23-,28+/m0/s1. The minimum absolute atomic E-state index is 0.0875. The SMILES string of the molecule is N#C/C=C1\CC[C@H](CCC[C@@]2(c3ccccn3)CCOC3(CCCC3)C2)c2ccccc21. The molecule has 2 fully saturated rings. The van der Waals surface area contributed by atoms with Crippen molar-refractivity contribution in [2.24, 2.45) is 0 Å². The smallest absolute Gasteiger partial charge is 0.0915 e. The molecule has 0 N–H and O–H groups in total. The van der Waals surface area contributed by atoms with Gasteiger partial charge in [-0.15, -0.1) is 0 Å². The van der Waals surface area contributed by atoms with E-state index in [1.807, 2.05) is 12.3 Å². The molecule has 0 radical (unpaired) electrons. The average molecular weight is 427 g/mol. The summed E-state index contributed by atoms with van der Waals surface area (Å²) in [5.74, 6) is 0.586. The van der Waals surface area contributed by atoms with E-state index in [1.54, 1.807) is 6.08 Å². The van der Waals surface area contributed by atoms with Crippen molar-refractivity contribution in [3.63, 3.8) is 0 Å². The van der Waals surface area contributed by atoms with Crippen molar-refractivity contribution in [1.29, 1.82) is 5.26 Å². The number of hydrogen-bond acceptors (Lipinski definition) is 3. The number of pyridine rings is 1. The molecule has 0 amide bonds. The highest BCUT2D eigenvalue weighted by molar-refractivity contribution is 5.72. The van der Waals surface area contributed by atoms with Crippen molar-refractivity contribution in [2.75, 3.05) is 6.61 Å². The van der Waals surface area contributed by atoms with Gasteiger partial charge in [0.2, 0.25) is 0 Å². The monoisotopic (exact) mass is 426 g/mol. The molecule has 1 saturated carbocycles. The first-order valence-electron chi connectivity index (χ1n) is 12.5. The second-order valence-electron chi connectivity index (χ2n) is 10.2. The van der Waals surface area contributed by atoms with Crippen LogP contribution in [0.2, 0.25) is 0 Å². The molecular formula is C29H34N2O. The third kappa shape index (κ3) is 4.14. The Balaban J connectivity index is 1.34. The highest BCUT2D eigenvalue weighted by atomic mass is 16.5. The third-order valence-corrected chi connectivity index (χ3v) is 8.33. The van der Waals surface area contributed by atoms with Gasteiger partial charge in [0.15, 0.2) is 0 Å². The third-order valence-electron chi connectivity index (χ3n) is 8.33. The molecule has 0 unspecified atom stereocenters. The van der Waals surface area contributed by atoms with Gasteiger partial charge in [-0.2, -0.15) is 5.26 Å². The molecule has 1 aromatic heterocycles. The van der Waals surface area contributed by atoms with Crippen LogP contribution in [0.4, 0.5) is 0 Å². The molecular weight excluding hydrogens is 392 g/mol. The number of nitrogens with zero attached hydrogens (tertiary/aromatic N) is 2. The molecule has 2 aliphatic carbocycles. The molecule has 1 spiro atoms. The van der Waals surface area contributed by atoms with Crippen LogP contribution in [0.25, 0.3) is 5.57 Å².